The summed E-state index contributed by atoms with van der Waals surface area (Å²) < 4.78 is 43.4. The molecule has 61 heavy (non-hydrogen) atoms. The number of nitrogens with zero attached hydrogens (tertiary/aromatic N) is 1. The Labute approximate surface area is 358 Å². The molecule has 6 atom stereocenters. The van der Waals surface area contributed by atoms with Gasteiger partial charge in [0.2, 0.25) is 45.3 Å². The average Bonchev–Trinajstić information content (AvgIpc) is 3.61. The van der Waals surface area contributed by atoms with Gasteiger partial charge in [0.1, 0.15) is 35.7 Å². The van der Waals surface area contributed by atoms with Crippen molar-refractivity contribution >= 4 is 51.2 Å². The zero-order valence-corrected chi connectivity index (χ0v) is 37.6. The van der Waals surface area contributed by atoms with Crippen LogP contribution in [0.3, 0.4) is 0 Å². The maximum absolute atomic E-state index is 14.7. The van der Waals surface area contributed by atoms with Crippen LogP contribution in [0.2, 0.25) is 0 Å². The van der Waals surface area contributed by atoms with E-state index >= 15 is 0 Å². The summed E-state index contributed by atoms with van der Waals surface area (Å²) in [6, 6.07) is -1.60. The number of ketones is 1. The van der Waals surface area contributed by atoms with Crippen molar-refractivity contribution in [1.29, 1.82) is 0 Å². The molecule has 6 amide bonds. The third-order valence-electron chi connectivity index (χ3n) is 10.5. The van der Waals surface area contributed by atoms with Crippen LogP contribution < -0.4 is 41.2 Å². The van der Waals surface area contributed by atoms with Crippen LogP contribution >= 0.6 is 0 Å². The first kappa shape index (κ1) is 50.5. The fourth-order valence-corrected chi connectivity index (χ4v) is 8.47. The lowest BCUT2D eigenvalue weighted by molar-refractivity contribution is -0.145. The number of Topliss-reactive ketones (excluding diaryl/α,β-unsaturated/α-hetero) is 1. The van der Waals surface area contributed by atoms with Crippen LogP contribution in [0, 0.1) is 11.8 Å². The fourth-order valence-electron chi connectivity index (χ4n) is 7.63. The third-order valence-corrected chi connectivity index (χ3v) is 11.2. The molecular weight excluding hydrogens is 815 g/mol. The maximum Gasteiger partial charge on any atom is 0.290 e. The summed E-state index contributed by atoms with van der Waals surface area (Å²) in [5.74, 6) is -6.03. The average molecular weight is 880 g/mol. The molecule has 0 spiro atoms. The van der Waals surface area contributed by atoms with Crippen LogP contribution in [0.25, 0.3) is 0 Å². The highest BCUT2D eigenvalue weighted by Crippen LogP contribution is 2.32. The van der Waals surface area contributed by atoms with Crippen molar-refractivity contribution in [2.24, 2.45) is 17.6 Å². The van der Waals surface area contributed by atoms with E-state index in [1.807, 2.05) is 20.8 Å². The molecule has 1 aromatic carbocycles. The summed E-state index contributed by atoms with van der Waals surface area (Å²) in [6.45, 7) is 9.86. The van der Waals surface area contributed by atoms with Gasteiger partial charge in [0.05, 0.1) is 44.8 Å². The van der Waals surface area contributed by atoms with E-state index in [2.05, 4.69) is 26.0 Å². The number of primary amides is 1. The van der Waals surface area contributed by atoms with Gasteiger partial charge < -0.3 is 46.1 Å². The summed E-state index contributed by atoms with van der Waals surface area (Å²) in [6.07, 6.45) is 4.60. The second-order valence-corrected chi connectivity index (χ2v) is 18.8. The smallest absolute Gasteiger partial charge is 0.290 e. The zero-order valence-electron chi connectivity index (χ0n) is 36.8. The second-order valence-electron chi connectivity index (χ2n) is 17.0. The molecule has 1 saturated carbocycles. The van der Waals surface area contributed by atoms with Gasteiger partial charge >= 0.3 is 0 Å². The first-order valence-corrected chi connectivity index (χ1v) is 22.6. The Hall–Kier alpha value is -4.82. The SMILES string of the molecule is CCCC(NC(=O)C1CC(OC(C)(C)C)CN1C(=O)C(NC(=O)C(NS(C)(=O)=O)C(C)C)C1CCCCC1)C(=O)C(=O)NCC(=O)NC(C(N)=O)c1cc(OC)cc(OC)c1. The van der Waals surface area contributed by atoms with Gasteiger partial charge in [0.15, 0.2) is 0 Å². The lowest BCUT2D eigenvalue weighted by Gasteiger charge is -2.36. The summed E-state index contributed by atoms with van der Waals surface area (Å²) in [5, 5.41) is 10.2. The Morgan fingerprint density at radius 2 is 1.52 bits per heavy atom. The predicted molar refractivity (Wildman–Crippen MR) is 224 cm³/mol. The number of hydrogen-bond acceptors (Lipinski definition) is 12. The standard InChI is InChI=1S/C41H65N7O12S/c1-10-14-29(35(50)39(54)43-21-31(49)45-33(36(42)51)25-17-26(58-7)19-27(18-25)59-8)44-37(52)30-20-28(60-41(4,5)6)22-48(30)40(55)34(24-15-12-11-13-16-24)46-38(53)32(23(2)3)47-61(9,56)57/h17-19,23-24,28-30,32-34,47H,10-16,20-22H2,1-9H3,(H2,42,51)(H,43,54)(H,44,52)(H,45,49)(H,46,53). The van der Waals surface area contributed by atoms with Crippen LogP contribution in [0.15, 0.2) is 18.2 Å². The molecule has 0 radical (unpaired) electrons. The number of methoxy groups -OCH3 is 2. The summed E-state index contributed by atoms with van der Waals surface area (Å²) in [4.78, 5) is 95.9. The van der Waals surface area contributed by atoms with Crippen LogP contribution in [-0.4, -0.2) is 124 Å². The molecule has 2 fully saturated rings. The van der Waals surface area contributed by atoms with Crippen LogP contribution in [0.1, 0.15) is 105 Å². The number of benzene rings is 1. The van der Waals surface area contributed by atoms with Gasteiger partial charge in [-0.2, -0.15) is 0 Å². The van der Waals surface area contributed by atoms with Crippen molar-refractivity contribution in [2.45, 2.75) is 135 Å². The molecular formula is C41H65N7O12S. The molecule has 20 heteroatoms. The minimum Gasteiger partial charge on any atom is -0.497 e. The molecule has 2 aliphatic rings. The molecule has 3 rings (SSSR count). The van der Waals surface area contributed by atoms with Gasteiger partial charge in [-0.1, -0.05) is 46.5 Å². The Morgan fingerprint density at radius 3 is 2.03 bits per heavy atom. The molecule has 1 saturated heterocycles. The van der Waals surface area contributed by atoms with Gasteiger partial charge in [0.25, 0.3) is 5.91 Å². The quantitative estimate of drug-likeness (QED) is 0.0934. The minimum atomic E-state index is -3.79. The van der Waals surface area contributed by atoms with E-state index in [9.17, 15) is 42.0 Å². The summed E-state index contributed by atoms with van der Waals surface area (Å²) in [5.41, 5.74) is 5.16. The topological polar surface area (TPSA) is 271 Å². The molecule has 1 aliphatic heterocycles. The highest BCUT2D eigenvalue weighted by molar-refractivity contribution is 7.88. The van der Waals surface area contributed by atoms with E-state index in [1.54, 1.807) is 26.8 Å². The Bertz CT molecular complexity index is 1840. The highest BCUT2D eigenvalue weighted by Gasteiger charge is 2.46. The number of carbonyl (C=O) groups is 7. The highest BCUT2D eigenvalue weighted by atomic mass is 32.2. The van der Waals surface area contributed by atoms with E-state index in [1.165, 1.54) is 31.3 Å². The van der Waals surface area contributed by atoms with Crippen LogP contribution in [0.4, 0.5) is 0 Å². The van der Waals surface area contributed by atoms with Gasteiger partial charge in [-0.05, 0) is 69.6 Å². The number of hydrogen-bond donors (Lipinski definition) is 6. The minimum absolute atomic E-state index is 0.0146. The number of likely N-dealkylation sites (tertiary alicyclic amines) is 1. The lowest BCUT2D eigenvalue weighted by Crippen LogP contribution is -2.60. The van der Waals surface area contributed by atoms with E-state index in [4.69, 9.17) is 19.9 Å². The molecule has 0 bridgehead atoms. The number of nitrogens with one attached hydrogen (secondary N) is 5. The Morgan fingerprint density at radius 1 is 0.918 bits per heavy atom. The van der Waals surface area contributed by atoms with Crippen molar-refractivity contribution < 1.29 is 56.2 Å². The molecule has 7 N–H and O–H groups in total. The second kappa shape index (κ2) is 22.3. The normalized spacial score (nSPS) is 19.2. The van der Waals surface area contributed by atoms with E-state index in [-0.39, 0.29) is 30.9 Å². The monoisotopic (exact) mass is 879 g/mol. The number of nitrogens with two attached hydrogens (primary N) is 1. The van der Waals surface area contributed by atoms with Crippen LogP contribution in [-0.2, 0) is 48.3 Å². The van der Waals surface area contributed by atoms with Crippen molar-refractivity contribution in [3.05, 3.63) is 23.8 Å². The van der Waals surface area contributed by atoms with E-state index in [0.29, 0.717) is 30.8 Å². The Kier molecular flexibility index (Phi) is 18.5. The third kappa shape index (κ3) is 15.2. The van der Waals surface area contributed by atoms with Gasteiger partial charge in [0, 0.05) is 19.0 Å². The van der Waals surface area contributed by atoms with Crippen LogP contribution in [0.5, 0.6) is 11.5 Å². The van der Waals surface area contributed by atoms with E-state index in [0.717, 1.165) is 25.5 Å². The number of amides is 6. The van der Waals surface area contributed by atoms with Crippen molar-refractivity contribution in [3.8, 4) is 11.5 Å². The molecule has 0 aromatic heterocycles. The summed E-state index contributed by atoms with van der Waals surface area (Å²) >= 11 is 0. The molecule has 1 heterocycles. The molecule has 1 aromatic rings. The number of carbonyl (C=O) groups excluding carboxylic acids is 7. The number of sulfonamides is 1. The first-order valence-electron chi connectivity index (χ1n) is 20.7. The van der Waals surface area contributed by atoms with Gasteiger partial charge in [-0.3, -0.25) is 33.6 Å². The Balaban J connectivity index is 1.83. The van der Waals surface area contributed by atoms with Crippen molar-refractivity contribution in [3.63, 3.8) is 0 Å². The number of ether oxygens (including phenoxy) is 3. The van der Waals surface area contributed by atoms with Gasteiger partial charge in [-0.25, -0.2) is 13.1 Å². The zero-order chi connectivity index (χ0) is 45.8. The summed E-state index contributed by atoms with van der Waals surface area (Å²) in [7, 11) is -0.982. The maximum atomic E-state index is 14.7. The van der Waals surface area contributed by atoms with E-state index < -0.39 is 106 Å². The number of rotatable bonds is 21. The van der Waals surface area contributed by atoms with Crippen molar-refractivity contribution in [2.75, 3.05) is 33.6 Å². The molecule has 342 valence electrons. The van der Waals surface area contributed by atoms with Crippen molar-refractivity contribution in [1.82, 2.24) is 30.9 Å². The molecule has 6 unspecified atom stereocenters. The largest absolute Gasteiger partial charge is 0.497 e. The molecule has 1 aliphatic carbocycles. The molecule has 19 nitrogen and oxygen atoms in total. The van der Waals surface area contributed by atoms with Gasteiger partial charge in [-0.15, -0.1) is 0 Å². The first-order chi connectivity index (χ1) is 28.5. The fraction of sp³-hybridized carbons (Fsp3) is 0.683. The lowest BCUT2D eigenvalue weighted by atomic mass is 9.83. The predicted octanol–water partition coefficient (Wildman–Crippen LogP) is 0.740.